The van der Waals surface area contributed by atoms with Gasteiger partial charge in [-0.2, -0.15) is 0 Å². The second-order valence-corrected chi connectivity index (χ2v) is 8.17. The highest BCUT2D eigenvalue weighted by atomic mass is 32.2. The van der Waals surface area contributed by atoms with Crippen LogP contribution in [0, 0.1) is 31.3 Å². The van der Waals surface area contributed by atoms with Gasteiger partial charge in [-0.1, -0.05) is 12.1 Å². The number of hydrogen-bond donors (Lipinski definition) is 0. The van der Waals surface area contributed by atoms with E-state index in [0.717, 1.165) is 21.8 Å². The molecule has 1 heterocycles. The van der Waals surface area contributed by atoms with E-state index in [0.29, 0.717) is 23.5 Å². The Balaban J connectivity index is 1.79. The van der Waals surface area contributed by atoms with E-state index in [9.17, 15) is 18.0 Å². The number of aryl methyl sites for hydroxylation is 2. The van der Waals surface area contributed by atoms with Crippen molar-refractivity contribution in [1.82, 2.24) is 0 Å². The minimum absolute atomic E-state index is 0.376. The summed E-state index contributed by atoms with van der Waals surface area (Å²) < 4.78 is 48.9. The molecule has 1 aliphatic heterocycles. The molecule has 0 aliphatic carbocycles. The molecule has 31 heavy (non-hydrogen) atoms. The third-order valence-corrected chi connectivity index (χ3v) is 6.15. The summed E-state index contributed by atoms with van der Waals surface area (Å²) in [7, 11) is 1.58. The monoisotopic (exact) mass is 444 g/mol. The van der Waals surface area contributed by atoms with Gasteiger partial charge < -0.3 is 4.74 Å². The Kier molecular flexibility index (Phi) is 5.58. The van der Waals surface area contributed by atoms with Crippen LogP contribution in [0.25, 0.3) is 0 Å². The van der Waals surface area contributed by atoms with Crippen LogP contribution in [0.1, 0.15) is 16.7 Å². The van der Waals surface area contributed by atoms with Gasteiger partial charge >= 0.3 is 6.03 Å². The number of amides is 2. The number of urea groups is 1. The van der Waals surface area contributed by atoms with Crippen molar-refractivity contribution in [2.24, 2.45) is 0 Å². The van der Waals surface area contributed by atoms with Gasteiger partial charge in [0.15, 0.2) is 0 Å². The molecular formula is C23H19F3N2O2S. The minimum atomic E-state index is -1.04. The number of methoxy groups -OCH3 is 1. The summed E-state index contributed by atoms with van der Waals surface area (Å²) in [5.74, 6) is -2.36. The van der Waals surface area contributed by atoms with Gasteiger partial charge in [-0.25, -0.2) is 22.3 Å². The molecule has 2 amide bonds. The van der Waals surface area contributed by atoms with Crippen molar-refractivity contribution in [1.29, 1.82) is 0 Å². The molecule has 0 fully saturated rings. The van der Waals surface area contributed by atoms with Crippen molar-refractivity contribution in [3.8, 4) is 5.75 Å². The van der Waals surface area contributed by atoms with Crippen molar-refractivity contribution in [2.45, 2.75) is 25.3 Å². The average molecular weight is 444 g/mol. The highest BCUT2D eigenvalue weighted by Crippen LogP contribution is 2.43. The van der Waals surface area contributed by atoms with E-state index < -0.39 is 23.5 Å². The number of halogens is 3. The van der Waals surface area contributed by atoms with Crippen molar-refractivity contribution in [2.75, 3.05) is 16.3 Å². The number of benzene rings is 3. The number of carbonyl (C=O) groups is 1. The number of anilines is 2. The van der Waals surface area contributed by atoms with Crippen molar-refractivity contribution < 1.29 is 22.7 Å². The molecule has 0 aromatic heterocycles. The first-order chi connectivity index (χ1) is 14.8. The summed E-state index contributed by atoms with van der Waals surface area (Å²) in [6.45, 7) is 3.38. The van der Waals surface area contributed by atoms with Gasteiger partial charge in [-0.3, -0.25) is 4.90 Å². The lowest BCUT2D eigenvalue weighted by atomic mass is 10.1. The van der Waals surface area contributed by atoms with Crippen LogP contribution in [0.5, 0.6) is 5.75 Å². The first-order valence-corrected chi connectivity index (χ1v) is 10.2. The van der Waals surface area contributed by atoms with Crippen LogP contribution in [0.3, 0.4) is 0 Å². The van der Waals surface area contributed by atoms with Crippen LogP contribution in [0.15, 0.2) is 53.4 Å². The van der Waals surface area contributed by atoms with Crippen molar-refractivity contribution >= 4 is 29.4 Å². The molecule has 8 heteroatoms. The van der Waals surface area contributed by atoms with Gasteiger partial charge in [0.2, 0.25) is 0 Å². The Morgan fingerprint density at radius 3 is 2.19 bits per heavy atom. The lowest BCUT2D eigenvalue weighted by Gasteiger charge is -2.36. The first kappa shape index (κ1) is 21.1. The van der Waals surface area contributed by atoms with Crippen LogP contribution in [0.2, 0.25) is 0 Å². The van der Waals surface area contributed by atoms with Crippen LogP contribution in [0.4, 0.5) is 29.3 Å². The van der Waals surface area contributed by atoms with Gasteiger partial charge in [-0.05, 0) is 61.2 Å². The second kappa shape index (κ2) is 8.19. The number of carbonyl (C=O) groups excluding carboxylic acids is 1. The van der Waals surface area contributed by atoms with E-state index in [-0.39, 0.29) is 12.1 Å². The van der Waals surface area contributed by atoms with E-state index in [4.69, 9.17) is 4.74 Å². The molecule has 0 atom stereocenters. The molecule has 0 bridgehead atoms. The zero-order valence-corrected chi connectivity index (χ0v) is 17.9. The molecule has 0 saturated carbocycles. The predicted octanol–water partition coefficient (Wildman–Crippen LogP) is 6.38. The molecular weight excluding hydrogens is 425 g/mol. The molecule has 0 radical (unpaired) electrons. The third kappa shape index (κ3) is 3.83. The van der Waals surface area contributed by atoms with Crippen molar-refractivity contribution in [3.05, 3.63) is 82.7 Å². The highest BCUT2D eigenvalue weighted by Gasteiger charge is 2.34. The fraction of sp³-hybridized carbons (Fsp3) is 0.174. The number of hydrogen-bond acceptors (Lipinski definition) is 3. The van der Waals surface area contributed by atoms with Gasteiger partial charge in [0.1, 0.15) is 23.2 Å². The van der Waals surface area contributed by atoms with Gasteiger partial charge in [0.25, 0.3) is 0 Å². The van der Waals surface area contributed by atoms with Crippen molar-refractivity contribution in [3.63, 3.8) is 0 Å². The molecule has 0 unspecified atom stereocenters. The summed E-state index contributed by atoms with van der Waals surface area (Å²) in [5, 5.41) is 0. The normalized spacial score (nSPS) is 13.4. The summed E-state index contributed by atoms with van der Waals surface area (Å²) in [4.78, 5) is 15.5. The number of fused-ring (bicyclic) bond motifs is 1. The van der Waals surface area contributed by atoms with Gasteiger partial charge in [0.05, 0.1) is 29.9 Å². The maximum Gasteiger partial charge on any atom is 0.339 e. The molecule has 0 saturated heterocycles. The van der Waals surface area contributed by atoms with E-state index in [1.807, 2.05) is 38.1 Å². The van der Waals surface area contributed by atoms with E-state index >= 15 is 0 Å². The lowest BCUT2D eigenvalue weighted by Crippen LogP contribution is -2.43. The molecule has 1 aliphatic rings. The summed E-state index contributed by atoms with van der Waals surface area (Å²) in [6.07, 6.45) is 0. The Hall–Kier alpha value is -3.13. The maximum atomic E-state index is 14.3. The zero-order chi connectivity index (χ0) is 22.3. The van der Waals surface area contributed by atoms with Crippen LogP contribution in [-0.4, -0.2) is 13.1 Å². The highest BCUT2D eigenvalue weighted by molar-refractivity contribution is 8.01. The van der Waals surface area contributed by atoms with E-state index in [2.05, 4.69) is 0 Å². The van der Waals surface area contributed by atoms with E-state index in [1.54, 1.807) is 19.2 Å². The summed E-state index contributed by atoms with van der Waals surface area (Å²) in [5.41, 5.74) is 2.47. The average Bonchev–Trinajstić information content (AvgIpc) is 2.71. The zero-order valence-electron chi connectivity index (χ0n) is 17.1. The molecule has 4 nitrogen and oxygen atoms in total. The Labute approximate surface area is 182 Å². The number of para-hydroxylation sites is 1. The number of rotatable bonds is 4. The number of nitrogens with zero attached hydrogens (tertiary/aromatic N) is 2. The molecule has 3 aromatic rings. The maximum absolute atomic E-state index is 14.3. The molecule has 3 aromatic carbocycles. The van der Waals surface area contributed by atoms with Gasteiger partial charge in [-0.15, -0.1) is 0 Å². The largest absolute Gasteiger partial charge is 0.496 e. The quantitative estimate of drug-likeness (QED) is 0.438. The Morgan fingerprint density at radius 2 is 1.58 bits per heavy atom. The first-order valence-electron chi connectivity index (χ1n) is 9.47. The Morgan fingerprint density at radius 1 is 0.968 bits per heavy atom. The third-order valence-electron chi connectivity index (χ3n) is 5.06. The lowest BCUT2D eigenvalue weighted by molar-refractivity contribution is 0.254. The van der Waals surface area contributed by atoms with E-state index in [1.165, 1.54) is 21.2 Å². The predicted molar refractivity (Wildman–Crippen MR) is 115 cm³/mol. The van der Waals surface area contributed by atoms with Crippen LogP contribution < -0.4 is 13.9 Å². The topological polar surface area (TPSA) is 32.8 Å². The fourth-order valence-corrected chi connectivity index (χ4v) is 4.67. The summed E-state index contributed by atoms with van der Waals surface area (Å²) in [6, 6.07) is 11.5. The molecule has 0 N–H and O–H groups in total. The van der Waals surface area contributed by atoms with Crippen LogP contribution in [-0.2, 0) is 6.54 Å². The Bertz CT molecular complexity index is 1140. The molecule has 160 valence electrons. The minimum Gasteiger partial charge on any atom is -0.496 e. The molecule has 4 rings (SSSR count). The molecule has 0 spiro atoms. The number of ether oxygens (including phenoxy) is 1. The summed E-state index contributed by atoms with van der Waals surface area (Å²) >= 11 is 1.23. The fourth-order valence-electron chi connectivity index (χ4n) is 3.67. The smallest absolute Gasteiger partial charge is 0.339 e. The van der Waals surface area contributed by atoms with Gasteiger partial charge in [0, 0.05) is 17.7 Å². The standard InChI is InChI=1S/C23H19F3N2O2S/c1-13-8-16(9-14(2)22(13)30-3)28-23(29)27(20-6-4-5-7-21(20)31-28)12-17-18(25)10-15(24)11-19(17)26/h4-11H,12H2,1-3H3. The SMILES string of the molecule is COc1c(C)cc(N2Sc3ccccc3N(Cc3c(F)cc(F)cc3F)C2=O)cc1C. The second-order valence-electron chi connectivity index (χ2n) is 7.18. The van der Waals surface area contributed by atoms with Crippen LogP contribution >= 0.6 is 11.9 Å².